The molecule has 2 nitrogen and oxygen atoms in total. The molecular weight excluding hydrogens is 167 g/mol. The second-order valence-corrected chi connectivity index (χ2v) is 3.59. The van der Waals surface area contributed by atoms with E-state index in [2.05, 4.69) is 11.9 Å². The van der Waals surface area contributed by atoms with Gasteiger partial charge < -0.3 is 10.6 Å². The lowest BCUT2D eigenvalue weighted by atomic mass is 9.98. The molecule has 0 amide bonds. The standard InChI is InChI=1S/C10H13FN2/c1-13-5-4-8-7(6-13)2-3-9(11)10(8)12/h2-3H,4-6,12H2,1H3. The van der Waals surface area contributed by atoms with Crippen molar-refractivity contribution in [3.05, 3.63) is 29.1 Å². The minimum atomic E-state index is -0.289. The van der Waals surface area contributed by atoms with E-state index in [1.807, 2.05) is 6.07 Å². The lowest BCUT2D eigenvalue weighted by molar-refractivity contribution is 0.313. The van der Waals surface area contributed by atoms with E-state index in [0.717, 1.165) is 30.6 Å². The summed E-state index contributed by atoms with van der Waals surface area (Å²) in [4.78, 5) is 2.21. The minimum Gasteiger partial charge on any atom is -0.396 e. The highest BCUT2D eigenvalue weighted by Crippen LogP contribution is 2.25. The van der Waals surface area contributed by atoms with Crippen molar-refractivity contribution in [1.29, 1.82) is 0 Å². The van der Waals surface area contributed by atoms with Crippen LogP contribution in [0, 0.1) is 5.82 Å². The van der Waals surface area contributed by atoms with Crippen LogP contribution in [0.15, 0.2) is 12.1 Å². The zero-order valence-corrected chi connectivity index (χ0v) is 7.68. The van der Waals surface area contributed by atoms with Crippen LogP contribution in [0.5, 0.6) is 0 Å². The molecule has 0 spiro atoms. The maximum Gasteiger partial charge on any atom is 0.146 e. The Morgan fingerprint density at radius 3 is 3.00 bits per heavy atom. The highest BCUT2D eigenvalue weighted by Gasteiger charge is 2.16. The number of hydrogen-bond donors (Lipinski definition) is 1. The van der Waals surface area contributed by atoms with Gasteiger partial charge in [-0.3, -0.25) is 0 Å². The van der Waals surface area contributed by atoms with E-state index in [1.165, 1.54) is 6.07 Å². The van der Waals surface area contributed by atoms with Crippen LogP contribution in [0.4, 0.5) is 10.1 Å². The predicted octanol–water partition coefficient (Wildman–Crippen LogP) is 1.40. The average molecular weight is 180 g/mol. The normalized spacial score (nSPS) is 17.1. The summed E-state index contributed by atoms with van der Waals surface area (Å²) in [6.07, 6.45) is 0.857. The van der Waals surface area contributed by atoms with Gasteiger partial charge >= 0.3 is 0 Å². The molecule has 1 aliphatic heterocycles. The zero-order chi connectivity index (χ0) is 9.42. The van der Waals surface area contributed by atoms with Crippen molar-refractivity contribution in [2.45, 2.75) is 13.0 Å². The summed E-state index contributed by atoms with van der Waals surface area (Å²) >= 11 is 0. The van der Waals surface area contributed by atoms with Crippen molar-refractivity contribution in [3.8, 4) is 0 Å². The van der Waals surface area contributed by atoms with Gasteiger partial charge in [0, 0.05) is 13.1 Å². The number of rotatable bonds is 0. The van der Waals surface area contributed by atoms with E-state index in [9.17, 15) is 4.39 Å². The summed E-state index contributed by atoms with van der Waals surface area (Å²) in [5.74, 6) is -0.289. The molecule has 0 aliphatic carbocycles. The van der Waals surface area contributed by atoms with Gasteiger partial charge in [0.15, 0.2) is 0 Å². The Morgan fingerprint density at radius 2 is 2.23 bits per heavy atom. The van der Waals surface area contributed by atoms with Crippen LogP contribution in [0.2, 0.25) is 0 Å². The fraction of sp³-hybridized carbons (Fsp3) is 0.400. The molecule has 1 aromatic carbocycles. The molecule has 1 aromatic rings. The SMILES string of the molecule is CN1CCc2c(ccc(F)c2N)C1. The Bertz CT molecular complexity index is 336. The third-order valence-electron chi connectivity index (χ3n) is 2.58. The van der Waals surface area contributed by atoms with Crippen molar-refractivity contribution >= 4 is 5.69 Å². The number of nitrogens with two attached hydrogens (primary N) is 1. The lowest BCUT2D eigenvalue weighted by Crippen LogP contribution is -2.27. The van der Waals surface area contributed by atoms with Gasteiger partial charge in [-0.05, 0) is 30.7 Å². The topological polar surface area (TPSA) is 29.3 Å². The van der Waals surface area contributed by atoms with Gasteiger partial charge in [-0.25, -0.2) is 4.39 Å². The number of anilines is 1. The molecule has 1 aliphatic rings. The average Bonchev–Trinajstić information content (AvgIpc) is 2.12. The summed E-state index contributed by atoms with van der Waals surface area (Å²) < 4.78 is 13.1. The molecule has 0 unspecified atom stereocenters. The van der Waals surface area contributed by atoms with Crippen molar-refractivity contribution in [2.24, 2.45) is 0 Å². The second-order valence-electron chi connectivity index (χ2n) is 3.59. The first kappa shape index (κ1) is 8.51. The third-order valence-corrected chi connectivity index (χ3v) is 2.58. The largest absolute Gasteiger partial charge is 0.396 e. The molecule has 0 fully saturated rings. The molecule has 13 heavy (non-hydrogen) atoms. The first-order valence-electron chi connectivity index (χ1n) is 4.43. The second kappa shape index (κ2) is 3.00. The van der Waals surface area contributed by atoms with Crippen molar-refractivity contribution in [2.75, 3.05) is 19.3 Å². The highest BCUT2D eigenvalue weighted by molar-refractivity contribution is 5.53. The predicted molar refractivity (Wildman–Crippen MR) is 50.9 cm³/mol. The van der Waals surface area contributed by atoms with Crippen LogP contribution in [0.1, 0.15) is 11.1 Å². The summed E-state index contributed by atoms with van der Waals surface area (Å²) in [6.45, 7) is 1.83. The number of benzene rings is 1. The Kier molecular flexibility index (Phi) is 1.96. The minimum absolute atomic E-state index is 0.289. The molecule has 0 atom stereocenters. The van der Waals surface area contributed by atoms with E-state index in [0.29, 0.717) is 5.69 Å². The Morgan fingerprint density at radius 1 is 1.46 bits per heavy atom. The molecule has 2 N–H and O–H groups in total. The Labute approximate surface area is 77.2 Å². The lowest BCUT2D eigenvalue weighted by Gasteiger charge is -2.25. The monoisotopic (exact) mass is 180 g/mol. The van der Waals surface area contributed by atoms with Gasteiger partial charge in [0.05, 0.1) is 5.69 Å². The number of hydrogen-bond acceptors (Lipinski definition) is 2. The van der Waals surface area contributed by atoms with E-state index < -0.39 is 0 Å². The van der Waals surface area contributed by atoms with E-state index in [1.54, 1.807) is 0 Å². The molecule has 0 saturated heterocycles. The van der Waals surface area contributed by atoms with Gasteiger partial charge in [0.25, 0.3) is 0 Å². The number of likely N-dealkylation sites (N-methyl/N-ethyl adjacent to an activating group) is 1. The molecule has 1 heterocycles. The quantitative estimate of drug-likeness (QED) is 0.611. The fourth-order valence-electron chi connectivity index (χ4n) is 1.80. The van der Waals surface area contributed by atoms with Crippen molar-refractivity contribution in [3.63, 3.8) is 0 Å². The van der Waals surface area contributed by atoms with Crippen LogP contribution in [-0.2, 0) is 13.0 Å². The first-order chi connectivity index (χ1) is 6.18. The van der Waals surface area contributed by atoms with Crippen molar-refractivity contribution in [1.82, 2.24) is 4.90 Å². The fourth-order valence-corrected chi connectivity index (χ4v) is 1.80. The molecule has 2 rings (SSSR count). The maximum absolute atomic E-state index is 13.1. The van der Waals surface area contributed by atoms with Crippen molar-refractivity contribution < 1.29 is 4.39 Å². The number of fused-ring (bicyclic) bond motifs is 1. The molecule has 0 aromatic heterocycles. The van der Waals surface area contributed by atoms with Crippen LogP contribution in [0.3, 0.4) is 0 Å². The summed E-state index contributed by atoms with van der Waals surface area (Å²) in [7, 11) is 2.06. The van der Waals surface area contributed by atoms with Crippen LogP contribution in [-0.4, -0.2) is 18.5 Å². The summed E-state index contributed by atoms with van der Waals surface area (Å²) in [5, 5.41) is 0. The molecule has 0 saturated carbocycles. The van der Waals surface area contributed by atoms with Gasteiger partial charge in [-0.15, -0.1) is 0 Å². The number of nitrogens with zero attached hydrogens (tertiary/aromatic N) is 1. The van der Waals surface area contributed by atoms with Gasteiger partial charge in [0.1, 0.15) is 5.82 Å². The van der Waals surface area contributed by atoms with E-state index >= 15 is 0 Å². The van der Waals surface area contributed by atoms with Gasteiger partial charge in [-0.1, -0.05) is 6.07 Å². The maximum atomic E-state index is 13.1. The highest BCUT2D eigenvalue weighted by atomic mass is 19.1. The van der Waals surface area contributed by atoms with Gasteiger partial charge in [0.2, 0.25) is 0 Å². The first-order valence-corrected chi connectivity index (χ1v) is 4.43. The van der Waals surface area contributed by atoms with Crippen LogP contribution >= 0.6 is 0 Å². The Hall–Kier alpha value is -1.09. The zero-order valence-electron chi connectivity index (χ0n) is 7.68. The van der Waals surface area contributed by atoms with Crippen LogP contribution < -0.4 is 5.73 Å². The molecule has 0 bridgehead atoms. The third kappa shape index (κ3) is 1.40. The van der Waals surface area contributed by atoms with Gasteiger partial charge in [-0.2, -0.15) is 0 Å². The molecule has 3 heteroatoms. The number of nitrogen functional groups attached to an aromatic ring is 1. The Balaban J connectivity index is 2.47. The van der Waals surface area contributed by atoms with E-state index in [-0.39, 0.29) is 5.82 Å². The van der Waals surface area contributed by atoms with E-state index in [4.69, 9.17) is 5.73 Å². The molecule has 0 radical (unpaired) electrons. The smallest absolute Gasteiger partial charge is 0.146 e. The summed E-state index contributed by atoms with van der Waals surface area (Å²) in [6, 6.07) is 3.28. The number of halogens is 1. The van der Waals surface area contributed by atoms with Crippen LogP contribution in [0.25, 0.3) is 0 Å². The molecular formula is C10H13FN2. The molecule has 70 valence electrons. The summed E-state index contributed by atoms with van der Waals surface area (Å²) in [5.41, 5.74) is 8.15.